The molecule has 1 unspecified atom stereocenters. The van der Waals surface area contributed by atoms with Crippen LogP contribution in [0.2, 0.25) is 0 Å². The standard InChI is InChI=1S/C11H15ClFN/c1-8-3-4-11(13)5-10(8)7-14-6-9(2)12/h3-5,9,14H,6-7H2,1-2H3. The fraction of sp³-hybridized carbons (Fsp3) is 0.455. The zero-order valence-corrected chi connectivity index (χ0v) is 9.24. The highest BCUT2D eigenvalue weighted by Gasteiger charge is 2.01. The molecular formula is C11H15ClFN. The topological polar surface area (TPSA) is 12.0 Å². The molecule has 3 heteroatoms. The second-order valence-corrected chi connectivity index (χ2v) is 4.23. The first-order valence-electron chi connectivity index (χ1n) is 4.69. The molecule has 0 bridgehead atoms. The first-order chi connectivity index (χ1) is 6.59. The lowest BCUT2D eigenvalue weighted by molar-refractivity contribution is 0.618. The summed E-state index contributed by atoms with van der Waals surface area (Å²) in [6, 6.07) is 4.82. The van der Waals surface area contributed by atoms with Gasteiger partial charge in [-0.05, 0) is 37.1 Å². The van der Waals surface area contributed by atoms with Gasteiger partial charge in [-0.3, -0.25) is 0 Å². The summed E-state index contributed by atoms with van der Waals surface area (Å²) in [7, 11) is 0. The van der Waals surface area contributed by atoms with Crippen LogP contribution in [0.25, 0.3) is 0 Å². The van der Waals surface area contributed by atoms with Crippen LogP contribution >= 0.6 is 11.6 Å². The van der Waals surface area contributed by atoms with Crippen molar-refractivity contribution in [2.24, 2.45) is 0 Å². The van der Waals surface area contributed by atoms with Crippen LogP contribution in [0.5, 0.6) is 0 Å². The molecule has 0 saturated heterocycles. The third-order valence-corrected chi connectivity index (χ3v) is 2.21. The molecule has 1 atom stereocenters. The van der Waals surface area contributed by atoms with E-state index < -0.39 is 0 Å². The van der Waals surface area contributed by atoms with E-state index in [4.69, 9.17) is 11.6 Å². The monoisotopic (exact) mass is 215 g/mol. The van der Waals surface area contributed by atoms with Crippen molar-refractivity contribution in [1.82, 2.24) is 5.32 Å². The summed E-state index contributed by atoms with van der Waals surface area (Å²) in [6.45, 7) is 5.30. The Morgan fingerprint density at radius 2 is 2.21 bits per heavy atom. The highest BCUT2D eigenvalue weighted by atomic mass is 35.5. The predicted molar refractivity (Wildman–Crippen MR) is 58.2 cm³/mol. The number of nitrogens with one attached hydrogen (secondary N) is 1. The van der Waals surface area contributed by atoms with Crippen LogP contribution < -0.4 is 5.32 Å². The summed E-state index contributed by atoms with van der Waals surface area (Å²) < 4.78 is 12.9. The van der Waals surface area contributed by atoms with Crippen LogP contribution in [0.3, 0.4) is 0 Å². The van der Waals surface area contributed by atoms with Crippen LogP contribution in [-0.2, 0) is 6.54 Å². The van der Waals surface area contributed by atoms with E-state index in [0.717, 1.165) is 17.7 Å². The van der Waals surface area contributed by atoms with Crippen molar-refractivity contribution in [3.8, 4) is 0 Å². The van der Waals surface area contributed by atoms with E-state index in [-0.39, 0.29) is 11.2 Å². The molecule has 1 N–H and O–H groups in total. The van der Waals surface area contributed by atoms with Crippen molar-refractivity contribution < 1.29 is 4.39 Å². The molecular weight excluding hydrogens is 201 g/mol. The maximum Gasteiger partial charge on any atom is 0.123 e. The van der Waals surface area contributed by atoms with Gasteiger partial charge in [0.15, 0.2) is 0 Å². The summed E-state index contributed by atoms with van der Waals surface area (Å²) in [5.41, 5.74) is 2.09. The molecule has 1 aromatic rings. The number of rotatable bonds is 4. The van der Waals surface area contributed by atoms with Crippen molar-refractivity contribution in [2.75, 3.05) is 6.54 Å². The van der Waals surface area contributed by atoms with Gasteiger partial charge in [-0.1, -0.05) is 6.07 Å². The molecule has 0 aliphatic rings. The Labute approximate surface area is 89.3 Å². The summed E-state index contributed by atoms with van der Waals surface area (Å²) in [5, 5.41) is 3.27. The zero-order valence-electron chi connectivity index (χ0n) is 8.48. The number of aryl methyl sites for hydroxylation is 1. The minimum atomic E-state index is -0.189. The summed E-state index contributed by atoms with van der Waals surface area (Å²) in [5.74, 6) is -0.189. The van der Waals surface area contributed by atoms with E-state index in [1.54, 1.807) is 12.1 Å². The lowest BCUT2D eigenvalue weighted by Gasteiger charge is -2.08. The lowest BCUT2D eigenvalue weighted by atomic mass is 10.1. The fourth-order valence-corrected chi connectivity index (χ4v) is 1.35. The van der Waals surface area contributed by atoms with Gasteiger partial charge in [-0.2, -0.15) is 0 Å². The van der Waals surface area contributed by atoms with E-state index in [0.29, 0.717) is 6.54 Å². The largest absolute Gasteiger partial charge is 0.311 e. The number of alkyl halides is 1. The minimum Gasteiger partial charge on any atom is -0.311 e. The van der Waals surface area contributed by atoms with Gasteiger partial charge >= 0.3 is 0 Å². The smallest absolute Gasteiger partial charge is 0.123 e. The molecule has 1 nitrogen and oxygen atoms in total. The highest BCUT2D eigenvalue weighted by molar-refractivity contribution is 6.20. The van der Waals surface area contributed by atoms with Crippen molar-refractivity contribution in [2.45, 2.75) is 25.8 Å². The van der Waals surface area contributed by atoms with Crippen LogP contribution in [0.15, 0.2) is 18.2 Å². The van der Waals surface area contributed by atoms with Crippen LogP contribution in [0, 0.1) is 12.7 Å². The second kappa shape index (κ2) is 5.32. The predicted octanol–water partition coefficient (Wildman–Crippen LogP) is 2.85. The van der Waals surface area contributed by atoms with E-state index in [1.807, 2.05) is 13.8 Å². The molecule has 1 rings (SSSR count). The van der Waals surface area contributed by atoms with Gasteiger partial charge < -0.3 is 5.32 Å². The molecule has 0 aliphatic heterocycles. The van der Waals surface area contributed by atoms with Crippen LogP contribution in [-0.4, -0.2) is 11.9 Å². The minimum absolute atomic E-state index is 0.101. The Balaban J connectivity index is 2.53. The van der Waals surface area contributed by atoms with Gasteiger partial charge in [-0.25, -0.2) is 4.39 Å². The summed E-state index contributed by atoms with van der Waals surface area (Å²) >= 11 is 5.78. The molecule has 0 fully saturated rings. The zero-order chi connectivity index (χ0) is 10.6. The quantitative estimate of drug-likeness (QED) is 0.762. The second-order valence-electron chi connectivity index (χ2n) is 3.48. The first kappa shape index (κ1) is 11.5. The maximum atomic E-state index is 12.9. The third kappa shape index (κ3) is 3.64. The van der Waals surface area contributed by atoms with Crippen LogP contribution in [0.4, 0.5) is 4.39 Å². The van der Waals surface area contributed by atoms with Crippen LogP contribution in [0.1, 0.15) is 18.1 Å². The Morgan fingerprint density at radius 1 is 1.50 bits per heavy atom. The SMILES string of the molecule is Cc1ccc(F)cc1CNCC(C)Cl. The van der Waals surface area contributed by atoms with Gasteiger partial charge in [0.1, 0.15) is 5.82 Å². The molecule has 0 heterocycles. The molecule has 78 valence electrons. The first-order valence-corrected chi connectivity index (χ1v) is 5.13. The maximum absolute atomic E-state index is 12.9. The number of halogens is 2. The van der Waals surface area contributed by atoms with Gasteiger partial charge in [0.25, 0.3) is 0 Å². The Hall–Kier alpha value is -0.600. The number of hydrogen-bond acceptors (Lipinski definition) is 1. The average Bonchev–Trinajstić information content (AvgIpc) is 2.10. The normalized spacial score (nSPS) is 12.9. The van der Waals surface area contributed by atoms with E-state index in [2.05, 4.69) is 5.32 Å². The van der Waals surface area contributed by atoms with Gasteiger partial charge in [0, 0.05) is 18.5 Å². The average molecular weight is 216 g/mol. The van der Waals surface area contributed by atoms with Gasteiger partial charge in [-0.15, -0.1) is 11.6 Å². The van der Waals surface area contributed by atoms with E-state index in [9.17, 15) is 4.39 Å². The van der Waals surface area contributed by atoms with Crippen molar-refractivity contribution in [3.63, 3.8) is 0 Å². The molecule has 1 aromatic carbocycles. The molecule has 0 radical (unpaired) electrons. The summed E-state index contributed by atoms with van der Waals surface area (Å²) in [6.07, 6.45) is 0. The molecule has 0 amide bonds. The molecule has 14 heavy (non-hydrogen) atoms. The van der Waals surface area contributed by atoms with Gasteiger partial charge in [0.05, 0.1) is 0 Å². The van der Waals surface area contributed by atoms with Crippen molar-refractivity contribution >= 4 is 11.6 Å². The fourth-order valence-electron chi connectivity index (χ4n) is 1.24. The Bertz CT molecular complexity index is 299. The van der Waals surface area contributed by atoms with Crippen molar-refractivity contribution in [3.05, 3.63) is 35.1 Å². The lowest BCUT2D eigenvalue weighted by Crippen LogP contribution is -2.21. The number of hydrogen-bond donors (Lipinski definition) is 1. The van der Waals surface area contributed by atoms with E-state index in [1.165, 1.54) is 6.07 Å². The molecule has 0 aromatic heterocycles. The van der Waals surface area contributed by atoms with E-state index >= 15 is 0 Å². The molecule has 0 saturated carbocycles. The molecule has 0 aliphatic carbocycles. The Morgan fingerprint density at radius 3 is 2.86 bits per heavy atom. The molecule has 0 spiro atoms. The Kier molecular flexibility index (Phi) is 4.36. The van der Waals surface area contributed by atoms with Gasteiger partial charge in [0.2, 0.25) is 0 Å². The number of benzene rings is 1. The highest BCUT2D eigenvalue weighted by Crippen LogP contribution is 2.09. The summed E-state index contributed by atoms with van der Waals surface area (Å²) in [4.78, 5) is 0. The van der Waals surface area contributed by atoms with Crippen molar-refractivity contribution in [1.29, 1.82) is 0 Å². The third-order valence-electron chi connectivity index (χ3n) is 2.05.